The first-order valence-electron chi connectivity index (χ1n) is 2.51. The lowest BCUT2D eigenvalue weighted by Gasteiger charge is -1.76. The summed E-state index contributed by atoms with van der Waals surface area (Å²) < 4.78 is 7.87. The molecule has 0 aliphatic carbocycles. The molecule has 0 aromatic carbocycles. The molecule has 0 radical (unpaired) electrons. The van der Waals surface area contributed by atoms with Crippen LogP contribution in [0.1, 0.15) is 11.5 Å². The standard InChI is InChI=1S/C7H5IO/c1-6-2-3-7(9-6)4-5-8/h2-3H,1H3. The van der Waals surface area contributed by atoms with Crippen LogP contribution in [0.2, 0.25) is 0 Å². The predicted octanol–water partition coefficient (Wildman–Crippen LogP) is 2.33. The Labute approximate surface area is 67.6 Å². The maximum Gasteiger partial charge on any atom is 0.177 e. The van der Waals surface area contributed by atoms with E-state index in [1.165, 1.54) is 0 Å². The fourth-order valence-electron chi connectivity index (χ4n) is 0.548. The Kier molecular flexibility index (Phi) is 2.17. The van der Waals surface area contributed by atoms with Crippen molar-refractivity contribution in [3.63, 3.8) is 0 Å². The van der Waals surface area contributed by atoms with Gasteiger partial charge >= 0.3 is 0 Å². The third-order valence-corrected chi connectivity index (χ3v) is 1.18. The van der Waals surface area contributed by atoms with Crippen molar-refractivity contribution in [1.82, 2.24) is 0 Å². The Morgan fingerprint density at radius 2 is 2.33 bits per heavy atom. The SMILES string of the molecule is Cc1ccc(C#CI)o1. The molecule has 0 spiro atoms. The van der Waals surface area contributed by atoms with Crippen LogP contribution in [0, 0.1) is 16.8 Å². The third-order valence-electron chi connectivity index (χ3n) is 0.911. The molecule has 0 fully saturated rings. The summed E-state index contributed by atoms with van der Waals surface area (Å²) in [7, 11) is 0. The van der Waals surface area contributed by atoms with E-state index in [0.717, 1.165) is 11.5 Å². The Hall–Kier alpha value is -0.430. The molecule has 0 amide bonds. The number of hydrogen-bond acceptors (Lipinski definition) is 1. The van der Waals surface area contributed by atoms with Gasteiger partial charge < -0.3 is 4.42 Å². The summed E-state index contributed by atoms with van der Waals surface area (Å²) in [6, 6.07) is 3.76. The molecule has 9 heavy (non-hydrogen) atoms. The van der Waals surface area contributed by atoms with Gasteiger partial charge in [0.2, 0.25) is 0 Å². The molecule has 1 rings (SSSR count). The van der Waals surface area contributed by atoms with Crippen molar-refractivity contribution in [2.45, 2.75) is 6.92 Å². The normalized spacial score (nSPS) is 8.22. The fraction of sp³-hybridized carbons (Fsp3) is 0.143. The summed E-state index contributed by atoms with van der Waals surface area (Å²) in [5.41, 5.74) is 0. The number of hydrogen-bond donors (Lipinski definition) is 0. The molecule has 0 aliphatic heterocycles. The molecule has 0 aliphatic rings. The Balaban J connectivity index is 2.93. The molecular weight excluding hydrogens is 227 g/mol. The van der Waals surface area contributed by atoms with Crippen molar-refractivity contribution in [3.8, 4) is 9.85 Å². The highest BCUT2D eigenvalue weighted by Gasteiger charge is 1.90. The minimum atomic E-state index is 0.738. The molecule has 1 heterocycles. The highest BCUT2D eigenvalue weighted by molar-refractivity contribution is 14.1. The first kappa shape index (κ1) is 6.69. The van der Waals surface area contributed by atoms with Crippen LogP contribution in [0.4, 0.5) is 0 Å². The van der Waals surface area contributed by atoms with Crippen molar-refractivity contribution in [2.75, 3.05) is 0 Å². The van der Waals surface area contributed by atoms with Gasteiger partial charge in [-0.25, -0.2) is 0 Å². The van der Waals surface area contributed by atoms with Crippen LogP contribution >= 0.6 is 22.6 Å². The molecular formula is C7H5IO. The molecule has 0 saturated carbocycles. The second kappa shape index (κ2) is 2.92. The van der Waals surface area contributed by atoms with E-state index in [1.54, 1.807) is 0 Å². The van der Waals surface area contributed by atoms with Gasteiger partial charge in [0.05, 0.1) is 0 Å². The van der Waals surface area contributed by atoms with E-state index < -0.39 is 0 Å². The van der Waals surface area contributed by atoms with Gasteiger partial charge in [0.15, 0.2) is 5.76 Å². The van der Waals surface area contributed by atoms with Crippen molar-refractivity contribution in [3.05, 3.63) is 23.7 Å². The van der Waals surface area contributed by atoms with E-state index in [0.29, 0.717) is 0 Å². The molecule has 1 nitrogen and oxygen atoms in total. The van der Waals surface area contributed by atoms with E-state index in [4.69, 9.17) is 4.42 Å². The number of aryl methyl sites for hydroxylation is 1. The molecule has 0 unspecified atom stereocenters. The first-order valence-corrected chi connectivity index (χ1v) is 3.59. The first-order chi connectivity index (χ1) is 4.33. The monoisotopic (exact) mass is 232 g/mol. The quantitative estimate of drug-likeness (QED) is 0.494. The zero-order chi connectivity index (χ0) is 6.69. The van der Waals surface area contributed by atoms with Gasteiger partial charge in [0.1, 0.15) is 5.76 Å². The van der Waals surface area contributed by atoms with Gasteiger partial charge in [-0.15, -0.1) is 0 Å². The lowest BCUT2D eigenvalue weighted by atomic mass is 10.4. The summed E-state index contributed by atoms with van der Waals surface area (Å²) in [5, 5.41) is 0. The number of furan rings is 1. The van der Waals surface area contributed by atoms with E-state index in [1.807, 2.05) is 41.6 Å². The lowest BCUT2D eigenvalue weighted by Crippen LogP contribution is -1.59. The van der Waals surface area contributed by atoms with E-state index in [-0.39, 0.29) is 0 Å². The van der Waals surface area contributed by atoms with Crippen LogP contribution in [0.25, 0.3) is 0 Å². The van der Waals surface area contributed by atoms with Crippen molar-refractivity contribution in [1.29, 1.82) is 0 Å². The average molecular weight is 232 g/mol. The van der Waals surface area contributed by atoms with Crippen LogP contribution in [-0.2, 0) is 0 Å². The molecule has 2 heteroatoms. The van der Waals surface area contributed by atoms with Gasteiger partial charge in [0.25, 0.3) is 0 Å². The number of halogens is 1. The van der Waals surface area contributed by atoms with E-state index in [2.05, 4.69) is 9.85 Å². The second-order valence-electron chi connectivity index (χ2n) is 1.63. The van der Waals surface area contributed by atoms with Gasteiger partial charge in [-0.2, -0.15) is 0 Å². The van der Waals surface area contributed by atoms with Gasteiger partial charge in [-0.1, -0.05) is 0 Å². The van der Waals surface area contributed by atoms with Crippen molar-refractivity contribution >= 4 is 22.6 Å². The van der Waals surface area contributed by atoms with Crippen molar-refractivity contribution in [2.24, 2.45) is 0 Å². The second-order valence-corrected chi connectivity index (χ2v) is 2.17. The molecule has 46 valence electrons. The van der Waals surface area contributed by atoms with Crippen LogP contribution in [0.15, 0.2) is 16.5 Å². The minimum Gasteiger partial charge on any atom is -0.453 e. The van der Waals surface area contributed by atoms with E-state index >= 15 is 0 Å². The summed E-state index contributed by atoms with van der Waals surface area (Å²) in [6.07, 6.45) is 0. The minimum absolute atomic E-state index is 0.738. The third kappa shape index (κ3) is 1.75. The smallest absolute Gasteiger partial charge is 0.177 e. The van der Waals surface area contributed by atoms with E-state index in [9.17, 15) is 0 Å². The summed E-state index contributed by atoms with van der Waals surface area (Å²) in [4.78, 5) is 0. The van der Waals surface area contributed by atoms with Crippen LogP contribution in [0.5, 0.6) is 0 Å². The zero-order valence-corrected chi connectivity index (χ0v) is 7.10. The highest BCUT2D eigenvalue weighted by Crippen LogP contribution is 2.03. The molecule has 0 saturated heterocycles. The maximum atomic E-state index is 5.15. The van der Waals surface area contributed by atoms with Gasteiger partial charge in [0, 0.05) is 22.6 Å². The number of rotatable bonds is 0. The molecule has 1 aromatic rings. The van der Waals surface area contributed by atoms with Crippen LogP contribution in [-0.4, -0.2) is 0 Å². The van der Waals surface area contributed by atoms with Crippen molar-refractivity contribution < 1.29 is 4.42 Å². The van der Waals surface area contributed by atoms with Crippen LogP contribution in [0.3, 0.4) is 0 Å². The summed E-state index contributed by atoms with van der Waals surface area (Å²) in [5.74, 6) is 4.44. The predicted molar refractivity (Wildman–Crippen MR) is 44.3 cm³/mol. The summed E-state index contributed by atoms with van der Waals surface area (Å²) in [6.45, 7) is 1.90. The summed E-state index contributed by atoms with van der Waals surface area (Å²) >= 11 is 1.98. The Morgan fingerprint density at radius 1 is 1.56 bits per heavy atom. The van der Waals surface area contributed by atoms with Crippen LogP contribution < -0.4 is 0 Å². The highest BCUT2D eigenvalue weighted by atomic mass is 127. The molecule has 0 bridgehead atoms. The maximum absolute atomic E-state index is 5.15. The Morgan fingerprint density at radius 3 is 2.78 bits per heavy atom. The molecule has 1 aromatic heterocycles. The topological polar surface area (TPSA) is 13.1 Å². The fourth-order valence-corrected chi connectivity index (χ4v) is 0.814. The molecule has 0 N–H and O–H groups in total. The Bertz CT molecular complexity index is 251. The van der Waals surface area contributed by atoms with Gasteiger partial charge in [-0.3, -0.25) is 0 Å². The van der Waals surface area contributed by atoms with Gasteiger partial charge in [-0.05, 0) is 28.9 Å². The largest absolute Gasteiger partial charge is 0.453 e. The average Bonchev–Trinajstić information content (AvgIpc) is 2.17. The zero-order valence-electron chi connectivity index (χ0n) is 4.94. The molecule has 0 atom stereocenters. The lowest BCUT2D eigenvalue weighted by molar-refractivity contribution is 0.523.